The van der Waals surface area contributed by atoms with Crippen LogP contribution in [-0.4, -0.2) is 49.4 Å². The Morgan fingerprint density at radius 2 is 2.06 bits per heavy atom. The van der Waals surface area contributed by atoms with Gasteiger partial charge in [0.05, 0.1) is 21.9 Å². The molecule has 1 aliphatic rings. The number of alkyl halides is 2. The second kappa shape index (κ2) is 9.22. The van der Waals surface area contributed by atoms with E-state index in [0.717, 1.165) is 6.07 Å². The third-order valence-corrected chi connectivity index (χ3v) is 7.14. The van der Waals surface area contributed by atoms with Gasteiger partial charge >= 0.3 is 0 Å². The molecular weight excluding hydrogens is 455 g/mol. The third-order valence-electron chi connectivity index (χ3n) is 6.08. The lowest BCUT2D eigenvalue weighted by molar-refractivity contribution is 0.146. The Labute approximate surface area is 191 Å². The fraction of sp³-hybridized carbons (Fsp3) is 0.409. The summed E-state index contributed by atoms with van der Waals surface area (Å²) in [4.78, 5) is 23.3. The molecule has 1 fully saturated rings. The first-order chi connectivity index (χ1) is 15.7. The fourth-order valence-corrected chi connectivity index (χ4v) is 5.07. The Hall–Kier alpha value is -2.79. The van der Waals surface area contributed by atoms with Crippen LogP contribution in [0.3, 0.4) is 0 Å². The number of halogens is 3. The summed E-state index contributed by atoms with van der Waals surface area (Å²) in [5, 5.41) is 0.596. The number of rotatable bonds is 6. The maximum absolute atomic E-state index is 14.6. The molecular formula is C22H24F3N5O2S. The van der Waals surface area contributed by atoms with Crippen LogP contribution in [0.15, 0.2) is 35.4 Å². The molecule has 0 spiro atoms. The highest BCUT2D eigenvalue weighted by atomic mass is 32.2. The van der Waals surface area contributed by atoms with Gasteiger partial charge in [-0.25, -0.2) is 31.7 Å². The second-order valence-corrected chi connectivity index (χ2v) is 9.54. The van der Waals surface area contributed by atoms with Gasteiger partial charge < -0.3 is 4.90 Å². The number of fused-ring (bicyclic) bond motifs is 1. The van der Waals surface area contributed by atoms with Crippen LogP contribution in [0.4, 0.5) is 19.0 Å². The average Bonchev–Trinajstić information content (AvgIpc) is 3.27. The third kappa shape index (κ3) is 4.39. The van der Waals surface area contributed by atoms with E-state index in [0.29, 0.717) is 41.9 Å². The van der Waals surface area contributed by atoms with Crippen molar-refractivity contribution in [2.24, 2.45) is 7.05 Å². The van der Waals surface area contributed by atoms with Crippen molar-refractivity contribution in [3.05, 3.63) is 63.5 Å². The van der Waals surface area contributed by atoms with Crippen LogP contribution in [0.1, 0.15) is 35.5 Å². The lowest BCUT2D eigenvalue weighted by atomic mass is 9.98. The first-order valence-corrected chi connectivity index (χ1v) is 11.9. The Morgan fingerprint density at radius 1 is 1.30 bits per heavy atom. The molecule has 3 aromatic rings. The number of hydrogen-bond donors (Lipinski definition) is 0. The van der Waals surface area contributed by atoms with Gasteiger partial charge in [-0.2, -0.15) is 0 Å². The van der Waals surface area contributed by atoms with Crippen molar-refractivity contribution < 1.29 is 17.4 Å². The molecule has 11 heteroatoms. The average molecular weight is 480 g/mol. The predicted molar refractivity (Wildman–Crippen MR) is 121 cm³/mol. The van der Waals surface area contributed by atoms with E-state index >= 15 is 0 Å². The van der Waals surface area contributed by atoms with Crippen molar-refractivity contribution in [1.29, 1.82) is 0 Å². The quantitative estimate of drug-likeness (QED) is 0.543. The summed E-state index contributed by atoms with van der Waals surface area (Å²) in [6, 6.07) is 5.68. The molecule has 2 atom stereocenters. The molecule has 7 nitrogen and oxygen atoms in total. The number of nitrogens with zero attached hydrogens (tertiary/aromatic N) is 5. The minimum atomic E-state index is -2.91. The maximum Gasteiger partial charge on any atom is 0.266 e. The van der Waals surface area contributed by atoms with Crippen LogP contribution in [0, 0.1) is 5.82 Å². The summed E-state index contributed by atoms with van der Waals surface area (Å²) in [7, 11) is 2.19. The summed E-state index contributed by atoms with van der Waals surface area (Å²) >= 11 is 0. The Kier molecular flexibility index (Phi) is 6.53. The lowest BCUT2D eigenvalue weighted by Gasteiger charge is -2.22. The largest absolute Gasteiger partial charge is 0.355 e. The van der Waals surface area contributed by atoms with Crippen LogP contribution in [-0.2, 0) is 24.6 Å². The molecule has 2 aromatic heterocycles. The van der Waals surface area contributed by atoms with Gasteiger partial charge in [0.25, 0.3) is 12.0 Å². The molecule has 1 saturated heterocycles. The van der Waals surface area contributed by atoms with Crippen molar-refractivity contribution in [3.63, 3.8) is 0 Å². The first-order valence-electron chi connectivity index (χ1n) is 10.4. The van der Waals surface area contributed by atoms with Gasteiger partial charge in [-0.15, -0.1) is 0 Å². The molecule has 2 unspecified atom stereocenters. The molecule has 1 aliphatic heterocycles. The summed E-state index contributed by atoms with van der Waals surface area (Å²) < 4.78 is 55.9. The highest BCUT2D eigenvalue weighted by molar-refractivity contribution is 7.81. The van der Waals surface area contributed by atoms with Crippen molar-refractivity contribution in [1.82, 2.24) is 18.8 Å². The molecule has 1 aromatic carbocycles. The van der Waals surface area contributed by atoms with Gasteiger partial charge in [0.1, 0.15) is 23.6 Å². The number of pyridine rings is 1. The van der Waals surface area contributed by atoms with E-state index in [2.05, 4.69) is 9.97 Å². The van der Waals surface area contributed by atoms with Crippen LogP contribution in [0.5, 0.6) is 0 Å². The van der Waals surface area contributed by atoms with E-state index in [1.807, 2.05) is 4.31 Å². The minimum Gasteiger partial charge on any atom is -0.355 e. The minimum absolute atomic E-state index is 0.00268. The summed E-state index contributed by atoms with van der Waals surface area (Å²) in [5.74, 6) is -0.576. The van der Waals surface area contributed by atoms with Gasteiger partial charge in [-0.05, 0) is 12.5 Å². The van der Waals surface area contributed by atoms with E-state index in [-0.39, 0.29) is 23.6 Å². The molecule has 0 aliphatic carbocycles. The smallest absolute Gasteiger partial charge is 0.266 e. The van der Waals surface area contributed by atoms with Crippen LogP contribution >= 0.6 is 0 Å². The topological polar surface area (TPSA) is 71.3 Å². The Balaban J connectivity index is 1.75. The van der Waals surface area contributed by atoms with Crippen LogP contribution < -0.4 is 10.5 Å². The zero-order valence-corrected chi connectivity index (χ0v) is 19.3. The van der Waals surface area contributed by atoms with E-state index < -0.39 is 28.8 Å². The zero-order valence-electron chi connectivity index (χ0n) is 18.5. The monoisotopic (exact) mass is 479 g/mol. The second-order valence-electron chi connectivity index (χ2n) is 8.17. The number of anilines is 1. The van der Waals surface area contributed by atoms with Crippen LogP contribution in [0.2, 0.25) is 0 Å². The maximum atomic E-state index is 14.6. The van der Waals surface area contributed by atoms with E-state index in [4.69, 9.17) is 0 Å². The molecule has 0 amide bonds. The lowest BCUT2D eigenvalue weighted by Crippen LogP contribution is -2.27. The summed E-state index contributed by atoms with van der Waals surface area (Å²) in [6.07, 6.45) is 0.724. The first kappa shape index (κ1) is 23.4. The number of aryl methyl sites for hydroxylation is 1. The highest BCUT2D eigenvalue weighted by Gasteiger charge is 2.29. The highest BCUT2D eigenvalue weighted by Crippen LogP contribution is 2.31. The van der Waals surface area contributed by atoms with Gasteiger partial charge in [0.2, 0.25) is 0 Å². The number of benzene rings is 1. The standard InChI is InChI=1S/C22H24F3N5O2S/c1-28(10-14-5-4-6-15(18(14)23)19(24)25)20-17-9-16(13-7-8-30(11-13)33(3)32)22(31)29(2)21(17)27-12-26-20/h4-6,9,12-13,19H,7-8,10-11H2,1-3H3. The van der Waals surface area contributed by atoms with E-state index in [1.54, 1.807) is 31.3 Å². The summed E-state index contributed by atoms with van der Waals surface area (Å²) in [6.45, 7) is 1.14. The molecule has 0 bridgehead atoms. The number of aromatic nitrogens is 3. The van der Waals surface area contributed by atoms with Gasteiger partial charge in [-0.1, -0.05) is 18.2 Å². The molecule has 0 saturated carbocycles. The Bertz CT molecular complexity index is 1280. The van der Waals surface area contributed by atoms with Crippen LogP contribution in [0.25, 0.3) is 11.0 Å². The molecule has 0 N–H and O–H groups in total. The predicted octanol–water partition coefficient (Wildman–Crippen LogP) is 3.12. The van der Waals surface area contributed by atoms with Gasteiger partial charge in [0, 0.05) is 57.0 Å². The SMILES string of the molecule is CN(Cc1cccc(C(F)F)c1F)c1ncnc2c1cc(C1CCN(S(C)=O)C1)c(=O)n2C. The normalized spacial score (nSPS) is 17.7. The molecule has 176 valence electrons. The van der Waals surface area contributed by atoms with Gasteiger partial charge in [-0.3, -0.25) is 9.36 Å². The molecule has 3 heterocycles. The summed E-state index contributed by atoms with van der Waals surface area (Å²) in [5.41, 5.74) is 0.282. The molecule has 4 rings (SSSR count). The zero-order chi connectivity index (χ0) is 23.9. The Morgan fingerprint density at radius 3 is 2.73 bits per heavy atom. The van der Waals surface area contributed by atoms with Crippen molar-refractivity contribution in [2.75, 3.05) is 31.3 Å². The van der Waals surface area contributed by atoms with Gasteiger partial charge in [0.15, 0.2) is 0 Å². The molecule has 0 radical (unpaired) electrons. The van der Waals surface area contributed by atoms with Crippen molar-refractivity contribution in [2.45, 2.75) is 25.3 Å². The fourth-order valence-electron chi connectivity index (χ4n) is 4.31. The molecule has 33 heavy (non-hydrogen) atoms. The van der Waals surface area contributed by atoms with Crippen molar-refractivity contribution >= 4 is 27.8 Å². The van der Waals surface area contributed by atoms with E-state index in [9.17, 15) is 22.2 Å². The van der Waals surface area contributed by atoms with E-state index in [1.165, 1.54) is 23.0 Å². The van der Waals surface area contributed by atoms with Crippen molar-refractivity contribution in [3.8, 4) is 0 Å². The number of hydrogen-bond acceptors (Lipinski definition) is 5.